The van der Waals surface area contributed by atoms with Gasteiger partial charge in [-0.3, -0.25) is 15.1 Å². The smallest absolute Gasteiger partial charge is 0.313 e. The van der Waals surface area contributed by atoms with Gasteiger partial charge in [0.05, 0.1) is 4.92 Å². The van der Waals surface area contributed by atoms with E-state index in [0.29, 0.717) is 17.9 Å². The van der Waals surface area contributed by atoms with E-state index in [1.165, 1.54) is 0 Å². The van der Waals surface area contributed by atoms with Crippen molar-refractivity contribution in [2.75, 3.05) is 18.0 Å². The van der Waals surface area contributed by atoms with E-state index in [1.54, 1.807) is 19.2 Å². The summed E-state index contributed by atoms with van der Waals surface area (Å²) in [4.78, 5) is 16.8. The Labute approximate surface area is 106 Å². The number of anilines is 1. The molecule has 18 heavy (non-hydrogen) atoms. The average molecular weight is 250 g/mol. The number of pyridine rings is 1. The van der Waals surface area contributed by atoms with Gasteiger partial charge in [0.2, 0.25) is 0 Å². The summed E-state index contributed by atoms with van der Waals surface area (Å²) in [6.45, 7) is 3.15. The van der Waals surface area contributed by atoms with Crippen molar-refractivity contribution in [1.29, 1.82) is 0 Å². The molecule has 1 aliphatic heterocycles. The summed E-state index contributed by atoms with van der Waals surface area (Å²) >= 11 is 0. The molecule has 1 aromatic rings. The van der Waals surface area contributed by atoms with Crippen LogP contribution in [0.5, 0.6) is 0 Å². The molecular formula is C12H18N4O2. The third-order valence-electron chi connectivity index (χ3n) is 3.32. The van der Waals surface area contributed by atoms with E-state index in [1.807, 2.05) is 4.90 Å². The third kappa shape index (κ3) is 2.59. The molecule has 1 unspecified atom stereocenters. The van der Waals surface area contributed by atoms with Gasteiger partial charge in [-0.15, -0.1) is 0 Å². The molecule has 2 rings (SSSR count). The predicted octanol–water partition coefficient (Wildman–Crippen LogP) is 1.62. The van der Waals surface area contributed by atoms with Gasteiger partial charge in [-0.2, -0.15) is 0 Å². The fourth-order valence-corrected chi connectivity index (χ4v) is 2.42. The molecule has 1 fully saturated rings. The lowest BCUT2D eigenvalue weighted by Gasteiger charge is -2.24. The maximum absolute atomic E-state index is 11.2. The molecular weight excluding hydrogens is 232 g/mol. The second-order valence-electron chi connectivity index (χ2n) is 4.72. The molecule has 1 saturated heterocycles. The highest BCUT2D eigenvalue weighted by atomic mass is 16.6. The SMILES string of the molecule is Cc1nccc(N2CCCCC(N)C2)c1[N+](=O)[O-]. The van der Waals surface area contributed by atoms with Gasteiger partial charge in [-0.1, -0.05) is 6.42 Å². The first kappa shape index (κ1) is 12.8. The Bertz CT molecular complexity index is 450. The highest BCUT2D eigenvalue weighted by molar-refractivity contribution is 5.64. The summed E-state index contributed by atoms with van der Waals surface area (Å²) in [5.41, 5.74) is 7.20. The number of nitro groups is 1. The van der Waals surface area contributed by atoms with Crippen LogP contribution in [0.15, 0.2) is 12.3 Å². The minimum absolute atomic E-state index is 0.0839. The maximum atomic E-state index is 11.2. The fourth-order valence-electron chi connectivity index (χ4n) is 2.42. The lowest BCUT2D eigenvalue weighted by atomic mass is 10.1. The summed E-state index contributed by atoms with van der Waals surface area (Å²) < 4.78 is 0. The molecule has 2 N–H and O–H groups in total. The summed E-state index contributed by atoms with van der Waals surface area (Å²) in [7, 11) is 0. The number of hydrogen-bond acceptors (Lipinski definition) is 5. The quantitative estimate of drug-likeness (QED) is 0.636. The molecule has 98 valence electrons. The van der Waals surface area contributed by atoms with Crippen molar-refractivity contribution in [3.63, 3.8) is 0 Å². The molecule has 6 nitrogen and oxygen atoms in total. The number of aryl methyl sites for hydroxylation is 1. The monoisotopic (exact) mass is 250 g/mol. The Kier molecular flexibility index (Phi) is 3.76. The zero-order chi connectivity index (χ0) is 13.1. The van der Waals surface area contributed by atoms with Crippen molar-refractivity contribution < 1.29 is 4.92 Å². The van der Waals surface area contributed by atoms with E-state index in [4.69, 9.17) is 5.73 Å². The highest BCUT2D eigenvalue weighted by Gasteiger charge is 2.25. The van der Waals surface area contributed by atoms with Gasteiger partial charge < -0.3 is 10.6 Å². The molecule has 2 heterocycles. The maximum Gasteiger partial charge on any atom is 0.313 e. The molecule has 0 amide bonds. The van der Waals surface area contributed by atoms with Crippen LogP contribution >= 0.6 is 0 Å². The lowest BCUT2D eigenvalue weighted by Crippen LogP contribution is -2.36. The Morgan fingerprint density at radius 2 is 2.33 bits per heavy atom. The second kappa shape index (κ2) is 5.30. The fraction of sp³-hybridized carbons (Fsp3) is 0.583. The van der Waals surface area contributed by atoms with Crippen LogP contribution in [0.2, 0.25) is 0 Å². The third-order valence-corrected chi connectivity index (χ3v) is 3.32. The van der Waals surface area contributed by atoms with Crippen LogP contribution in [0.3, 0.4) is 0 Å². The van der Waals surface area contributed by atoms with Gasteiger partial charge in [-0.25, -0.2) is 0 Å². The van der Waals surface area contributed by atoms with Gasteiger partial charge in [0.1, 0.15) is 11.4 Å². The molecule has 0 radical (unpaired) electrons. The molecule has 0 saturated carbocycles. The van der Waals surface area contributed by atoms with Crippen molar-refractivity contribution in [2.45, 2.75) is 32.2 Å². The van der Waals surface area contributed by atoms with E-state index < -0.39 is 0 Å². The van der Waals surface area contributed by atoms with Gasteiger partial charge >= 0.3 is 5.69 Å². The van der Waals surface area contributed by atoms with Gasteiger partial charge in [0.25, 0.3) is 0 Å². The van der Waals surface area contributed by atoms with Crippen LogP contribution < -0.4 is 10.6 Å². The Morgan fingerprint density at radius 1 is 1.56 bits per heavy atom. The predicted molar refractivity (Wildman–Crippen MR) is 69.7 cm³/mol. The molecule has 1 aromatic heterocycles. The first-order valence-electron chi connectivity index (χ1n) is 6.20. The largest absolute Gasteiger partial charge is 0.364 e. The van der Waals surface area contributed by atoms with E-state index in [9.17, 15) is 10.1 Å². The molecule has 1 atom stereocenters. The molecule has 6 heteroatoms. The molecule has 0 bridgehead atoms. The first-order valence-corrected chi connectivity index (χ1v) is 6.20. The summed E-state index contributed by atoms with van der Waals surface area (Å²) in [6, 6.07) is 1.80. The standard InChI is InChI=1S/C12H18N4O2/c1-9-12(16(17)18)11(5-6-14-9)15-7-3-2-4-10(13)8-15/h5-6,10H,2-4,7-8,13H2,1H3. The normalized spacial score (nSPS) is 20.6. The Hall–Kier alpha value is -1.69. The number of nitrogens with two attached hydrogens (primary N) is 1. The van der Waals surface area contributed by atoms with Crippen molar-refractivity contribution >= 4 is 11.4 Å². The van der Waals surface area contributed by atoms with E-state index in [0.717, 1.165) is 25.8 Å². The van der Waals surface area contributed by atoms with Crippen molar-refractivity contribution in [3.8, 4) is 0 Å². The van der Waals surface area contributed by atoms with Crippen LogP contribution in [0.25, 0.3) is 0 Å². The van der Waals surface area contributed by atoms with E-state index in [2.05, 4.69) is 4.98 Å². The summed E-state index contributed by atoms with van der Waals surface area (Å²) in [5, 5.41) is 11.2. The van der Waals surface area contributed by atoms with Crippen molar-refractivity contribution in [2.24, 2.45) is 5.73 Å². The van der Waals surface area contributed by atoms with Crippen LogP contribution in [0.1, 0.15) is 25.0 Å². The topological polar surface area (TPSA) is 85.3 Å². The minimum Gasteiger partial charge on any atom is -0.364 e. The van der Waals surface area contributed by atoms with Gasteiger partial charge in [-0.05, 0) is 25.8 Å². The summed E-state index contributed by atoms with van der Waals surface area (Å²) in [6.07, 6.45) is 4.70. The van der Waals surface area contributed by atoms with Crippen molar-refractivity contribution in [1.82, 2.24) is 4.98 Å². The average Bonchev–Trinajstić information content (AvgIpc) is 2.53. The van der Waals surface area contributed by atoms with Crippen LogP contribution in [0.4, 0.5) is 11.4 Å². The Morgan fingerprint density at radius 3 is 3.06 bits per heavy atom. The second-order valence-corrected chi connectivity index (χ2v) is 4.72. The Balaban J connectivity index is 2.37. The lowest BCUT2D eigenvalue weighted by molar-refractivity contribution is -0.385. The van der Waals surface area contributed by atoms with E-state index in [-0.39, 0.29) is 16.7 Å². The van der Waals surface area contributed by atoms with Crippen LogP contribution in [-0.4, -0.2) is 29.0 Å². The number of nitrogens with zero attached hydrogens (tertiary/aromatic N) is 3. The first-order chi connectivity index (χ1) is 8.59. The van der Waals surface area contributed by atoms with Gasteiger partial charge in [0.15, 0.2) is 0 Å². The number of rotatable bonds is 2. The zero-order valence-corrected chi connectivity index (χ0v) is 10.5. The van der Waals surface area contributed by atoms with E-state index >= 15 is 0 Å². The number of hydrogen-bond donors (Lipinski definition) is 1. The zero-order valence-electron chi connectivity index (χ0n) is 10.5. The molecule has 1 aliphatic rings. The van der Waals surface area contributed by atoms with Crippen LogP contribution in [-0.2, 0) is 0 Å². The highest BCUT2D eigenvalue weighted by Crippen LogP contribution is 2.31. The van der Waals surface area contributed by atoms with Crippen LogP contribution in [0, 0.1) is 17.0 Å². The minimum atomic E-state index is -0.353. The molecule has 0 aromatic carbocycles. The summed E-state index contributed by atoms with van der Waals surface area (Å²) in [5.74, 6) is 0. The van der Waals surface area contributed by atoms with Gasteiger partial charge in [0, 0.05) is 25.3 Å². The number of aromatic nitrogens is 1. The molecule has 0 spiro atoms. The molecule has 0 aliphatic carbocycles. The van der Waals surface area contributed by atoms with Crippen molar-refractivity contribution in [3.05, 3.63) is 28.1 Å².